The minimum absolute atomic E-state index is 0.0818. The highest BCUT2D eigenvalue weighted by Crippen LogP contribution is 2.20. The van der Waals surface area contributed by atoms with Gasteiger partial charge in [-0.3, -0.25) is 0 Å². The second-order valence-electron chi connectivity index (χ2n) is 4.32. The van der Waals surface area contributed by atoms with Crippen molar-refractivity contribution in [3.8, 4) is 5.75 Å². The molecular formula is C13H17FN2O3. The number of rotatable bonds is 4. The first kappa shape index (κ1) is 13.6. The van der Waals surface area contributed by atoms with E-state index in [1.807, 2.05) is 0 Å². The smallest absolute Gasteiger partial charge is 0.319 e. The molecule has 104 valence electrons. The molecule has 0 aliphatic carbocycles. The summed E-state index contributed by atoms with van der Waals surface area (Å²) < 4.78 is 23.6. The molecule has 1 aliphatic heterocycles. The Balaban J connectivity index is 1.82. The number of anilines is 1. The van der Waals surface area contributed by atoms with E-state index in [4.69, 9.17) is 9.47 Å². The zero-order chi connectivity index (χ0) is 13.7. The number of benzene rings is 1. The van der Waals surface area contributed by atoms with E-state index >= 15 is 0 Å². The van der Waals surface area contributed by atoms with Crippen LogP contribution in [0.2, 0.25) is 0 Å². The van der Waals surface area contributed by atoms with Gasteiger partial charge in [0.15, 0.2) is 11.6 Å². The average Bonchev–Trinajstić information content (AvgIpc) is 2.90. The Labute approximate surface area is 111 Å². The Kier molecular flexibility index (Phi) is 4.57. The van der Waals surface area contributed by atoms with Crippen LogP contribution in [0.15, 0.2) is 18.2 Å². The van der Waals surface area contributed by atoms with E-state index in [1.165, 1.54) is 19.2 Å². The molecule has 1 aromatic rings. The lowest BCUT2D eigenvalue weighted by Gasteiger charge is -2.12. The highest BCUT2D eigenvalue weighted by Gasteiger charge is 2.16. The molecule has 6 heteroatoms. The quantitative estimate of drug-likeness (QED) is 0.879. The molecular weight excluding hydrogens is 251 g/mol. The normalized spacial score (nSPS) is 18.1. The zero-order valence-electron chi connectivity index (χ0n) is 10.7. The summed E-state index contributed by atoms with van der Waals surface area (Å²) >= 11 is 0. The third-order valence-corrected chi connectivity index (χ3v) is 2.92. The van der Waals surface area contributed by atoms with Gasteiger partial charge in [-0.15, -0.1) is 0 Å². The fourth-order valence-electron chi connectivity index (χ4n) is 1.93. The summed E-state index contributed by atoms with van der Waals surface area (Å²) in [5, 5.41) is 5.25. The second kappa shape index (κ2) is 6.38. The highest BCUT2D eigenvalue weighted by atomic mass is 19.1. The molecule has 2 N–H and O–H groups in total. The number of carbonyl (C=O) groups is 1. The minimum atomic E-state index is -0.514. The number of methoxy groups -OCH3 is 1. The van der Waals surface area contributed by atoms with Crippen LogP contribution in [-0.4, -0.2) is 32.4 Å². The maximum absolute atomic E-state index is 13.4. The molecule has 0 aromatic heterocycles. The maximum atomic E-state index is 13.4. The number of urea groups is 1. The molecule has 19 heavy (non-hydrogen) atoms. The maximum Gasteiger partial charge on any atom is 0.319 e. The predicted octanol–water partition coefficient (Wildman–Crippen LogP) is 2.13. The Morgan fingerprint density at radius 1 is 1.58 bits per heavy atom. The molecule has 0 bridgehead atoms. The molecule has 1 atom stereocenters. The Morgan fingerprint density at radius 3 is 3.05 bits per heavy atom. The van der Waals surface area contributed by atoms with Crippen LogP contribution >= 0.6 is 0 Å². The summed E-state index contributed by atoms with van der Waals surface area (Å²) in [6.07, 6.45) is 2.06. The van der Waals surface area contributed by atoms with Crippen LogP contribution in [0, 0.1) is 5.82 Å². The fourth-order valence-corrected chi connectivity index (χ4v) is 1.93. The first-order chi connectivity index (χ1) is 9.19. The van der Waals surface area contributed by atoms with Crippen molar-refractivity contribution in [1.29, 1.82) is 0 Å². The summed E-state index contributed by atoms with van der Waals surface area (Å²) in [7, 11) is 1.39. The van der Waals surface area contributed by atoms with Gasteiger partial charge in [0, 0.05) is 24.9 Å². The van der Waals surface area contributed by atoms with Crippen molar-refractivity contribution in [2.75, 3.05) is 25.6 Å². The molecule has 0 radical (unpaired) electrons. The van der Waals surface area contributed by atoms with Crippen molar-refractivity contribution in [1.82, 2.24) is 5.32 Å². The Bertz CT molecular complexity index is 448. The van der Waals surface area contributed by atoms with Crippen LogP contribution in [0.4, 0.5) is 14.9 Å². The van der Waals surface area contributed by atoms with Crippen molar-refractivity contribution in [2.45, 2.75) is 18.9 Å². The monoisotopic (exact) mass is 268 g/mol. The third kappa shape index (κ3) is 3.82. The number of hydrogen-bond acceptors (Lipinski definition) is 3. The summed E-state index contributed by atoms with van der Waals surface area (Å²) in [5.74, 6) is -0.371. The number of hydrogen-bond donors (Lipinski definition) is 2. The fraction of sp³-hybridized carbons (Fsp3) is 0.462. The molecule has 5 nitrogen and oxygen atoms in total. The number of ether oxygens (including phenoxy) is 2. The van der Waals surface area contributed by atoms with E-state index in [1.54, 1.807) is 6.07 Å². The molecule has 1 saturated heterocycles. The van der Waals surface area contributed by atoms with Crippen LogP contribution in [0.5, 0.6) is 5.75 Å². The summed E-state index contributed by atoms with van der Waals surface area (Å²) in [6.45, 7) is 1.21. The highest BCUT2D eigenvalue weighted by molar-refractivity contribution is 5.89. The van der Waals surface area contributed by atoms with Crippen molar-refractivity contribution in [3.63, 3.8) is 0 Å². The van der Waals surface area contributed by atoms with Gasteiger partial charge in [-0.1, -0.05) is 0 Å². The van der Waals surface area contributed by atoms with Crippen LogP contribution in [0.25, 0.3) is 0 Å². The van der Waals surface area contributed by atoms with E-state index in [-0.39, 0.29) is 17.9 Å². The van der Waals surface area contributed by atoms with Crippen molar-refractivity contribution in [2.24, 2.45) is 0 Å². The van der Waals surface area contributed by atoms with Gasteiger partial charge in [-0.2, -0.15) is 0 Å². The number of carbonyl (C=O) groups excluding carboxylic acids is 1. The number of amides is 2. The van der Waals surface area contributed by atoms with Crippen LogP contribution < -0.4 is 15.4 Å². The second-order valence-corrected chi connectivity index (χ2v) is 4.32. The van der Waals surface area contributed by atoms with E-state index in [9.17, 15) is 9.18 Å². The standard InChI is InChI=1S/C13H17FN2O3/c1-18-12-5-4-9(7-11(12)14)16-13(17)15-8-10-3-2-6-19-10/h4-5,7,10H,2-3,6,8H2,1H3,(H2,15,16,17). The van der Waals surface area contributed by atoms with Gasteiger partial charge >= 0.3 is 6.03 Å². The van der Waals surface area contributed by atoms with Gasteiger partial charge in [0.05, 0.1) is 13.2 Å². The molecule has 1 aromatic carbocycles. The zero-order valence-corrected chi connectivity index (χ0v) is 10.7. The largest absolute Gasteiger partial charge is 0.494 e. The molecule has 2 amide bonds. The van der Waals surface area contributed by atoms with Gasteiger partial charge in [0.2, 0.25) is 0 Å². The molecule has 1 fully saturated rings. The predicted molar refractivity (Wildman–Crippen MR) is 68.9 cm³/mol. The van der Waals surface area contributed by atoms with Gasteiger partial charge in [0.1, 0.15) is 0 Å². The van der Waals surface area contributed by atoms with E-state index in [0.29, 0.717) is 12.2 Å². The first-order valence-electron chi connectivity index (χ1n) is 6.19. The summed E-state index contributed by atoms with van der Waals surface area (Å²) in [6, 6.07) is 3.88. The molecule has 2 rings (SSSR count). The summed E-state index contributed by atoms with van der Waals surface area (Å²) in [5.41, 5.74) is 0.378. The van der Waals surface area contributed by atoms with Gasteiger partial charge in [-0.25, -0.2) is 9.18 Å². The van der Waals surface area contributed by atoms with Gasteiger partial charge < -0.3 is 20.1 Å². The van der Waals surface area contributed by atoms with E-state index in [0.717, 1.165) is 19.4 Å². The Morgan fingerprint density at radius 2 is 2.42 bits per heavy atom. The molecule has 1 aliphatic rings. The summed E-state index contributed by atoms with van der Waals surface area (Å²) in [4.78, 5) is 11.6. The van der Waals surface area contributed by atoms with Gasteiger partial charge in [0.25, 0.3) is 0 Å². The van der Waals surface area contributed by atoms with Crippen LogP contribution in [-0.2, 0) is 4.74 Å². The molecule has 0 saturated carbocycles. The van der Waals surface area contributed by atoms with Crippen molar-refractivity contribution < 1.29 is 18.7 Å². The Hall–Kier alpha value is -1.82. The van der Waals surface area contributed by atoms with Crippen molar-refractivity contribution >= 4 is 11.7 Å². The minimum Gasteiger partial charge on any atom is -0.494 e. The SMILES string of the molecule is COc1ccc(NC(=O)NCC2CCCO2)cc1F. The van der Waals surface area contributed by atoms with E-state index in [2.05, 4.69) is 10.6 Å². The lowest BCUT2D eigenvalue weighted by molar-refractivity contribution is 0.112. The molecule has 0 spiro atoms. The van der Waals surface area contributed by atoms with E-state index < -0.39 is 5.82 Å². The van der Waals surface area contributed by atoms with Crippen LogP contribution in [0.1, 0.15) is 12.8 Å². The lowest BCUT2D eigenvalue weighted by atomic mass is 10.2. The number of nitrogens with one attached hydrogen (secondary N) is 2. The number of halogens is 1. The first-order valence-corrected chi connectivity index (χ1v) is 6.19. The molecule has 1 heterocycles. The molecule has 1 unspecified atom stereocenters. The van der Waals surface area contributed by atoms with Crippen LogP contribution in [0.3, 0.4) is 0 Å². The van der Waals surface area contributed by atoms with Crippen molar-refractivity contribution in [3.05, 3.63) is 24.0 Å². The average molecular weight is 268 g/mol. The lowest BCUT2D eigenvalue weighted by Crippen LogP contribution is -2.35. The third-order valence-electron chi connectivity index (χ3n) is 2.92. The topological polar surface area (TPSA) is 59.6 Å². The van der Waals surface area contributed by atoms with Gasteiger partial charge in [-0.05, 0) is 25.0 Å².